The number of aryl methyl sites for hydroxylation is 1. The van der Waals surface area contributed by atoms with Crippen LogP contribution in [0.2, 0.25) is 0 Å². The van der Waals surface area contributed by atoms with Crippen molar-refractivity contribution < 1.29 is 9.18 Å². The first-order valence-corrected chi connectivity index (χ1v) is 9.66. The van der Waals surface area contributed by atoms with Crippen LogP contribution in [-0.2, 0) is 0 Å². The van der Waals surface area contributed by atoms with Gasteiger partial charge in [-0.1, -0.05) is 46.3 Å². The highest BCUT2D eigenvalue weighted by Crippen LogP contribution is 2.24. The van der Waals surface area contributed by atoms with E-state index in [9.17, 15) is 9.18 Å². The lowest BCUT2D eigenvalue weighted by atomic mass is 10.2. The zero-order valence-electron chi connectivity index (χ0n) is 15.4. The van der Waals surface area contributed by atoms with Crippen LogP contribution < -0.4 is 5.32 Å². The molecular weight excluding hydrogens is 435 g/mol. The number of hydrogen-bond acceptors (Lipinski definition) is 3. The average molecular weight is 451 g/mol. The summed E-state index contributed by atoms with van der Waals surface area (Å²) in [5.41, 5.74) is 3.01. The SMILES string of the molecule is Cc1ccccc1NC(=O)c1nc(-c2ccc(Br)cc2)n(-c2ccc(F)cc2)n1. The fourth-order valence-corrected chi connectivity index (χ4v) is 3.11. The van der Waals surface area contributed by atoms with Gasteiger partial charge in [-0.15, -0.1) is 5.10 Å². The van der Waals surface area contributed by atoms with Gasteiger partial charge in [0.15, 0.2) is 5.82 Å². The molecule has 144 valence electrons. The van der Waals surface area contributed by atoms with Gasteiger partial charge in [0, 0.05) is 15.7 Å². The van der Waals surface area contributed by atoms with Crippen molar-refractivity contribution in [2.24, 2.45) is 0 Å². The maximum Gasteiger partial charge on any atom is 0.295 e. The lowest BCUT2D eigenvalue weighted by Crippen LogP contribution is -2.15. The Morgan fingerprint density at radius 2 is 1.69 bits per heavy atom. The Bertz CT molecular complexity index is 1110. The van der Waals surface area contributed by atoms with Crippen LogP contribution in [0.3, 0.4) is 0 Å². The Hall–Kier alpha value is -3.32. The summed E-state index contributed by atoms with van der Waals surface area (Å²) >= 11 is 3.41. The van der Waals surface area contributed by atoms with Gasteiger partial charge in [0.05, 0.1) is 5.69 Å². The molecule has 4 rings (SSSR count). The number of carbonyl (C=O) groups excluding carboxylic acids is 1. The highest BCUT2D eigenvalue weighted by atomic mass is 79.9. The molecule has 1 N–H and O–H groups in total. The van der Waals surface area contributed by atoms with Crippen molar-refractivity contribution in [1.29, 1.82) is 0 Å². The van der Waals surface area contributed by atoms with E-state index in [-0.39, 0.29) is 11.6 Å². The first-order valence-electron chi connectivity index (χ1n) is 8.87. The first-order chi connectivity index (χ1) is 14.0. The minimum absolute atomic E-state index is 0.0236. The first kappa shape index (κ1) is 19.0. The number of halogens is 2. The largest absolute Gasteiger partial charge is 0.319 e. The molecule has 3 aromatic carbocycles. The van der Waals surface area contributed by atoms with Crippen LogP contribution in [0.4, 0.5) is 10.1 Å². The molecule has 0 unspecified atom stereocenters. The van der Waals surface area contributed by atoms with E-state index in [1.807, 2.05) is 55.5 Å². The van der Waals surface area contributed by atoms with E-state index < -0.39 is 5.91 Å². The Morgan fingerprint density at radius 1 is 1.00 bits per heavy atom. The predicted molar refractivity (Wildman–Crippen MR) is 114 cm³/mol. The number of rotatable bonds is 4. The maximum absolute atomic E-state index is 13.4. The molecule has 0 atom stereocenters. The summed E-state index contributed by atoms with van der Waals surface area (Å²) in [7, 11) is 0. The maximum atomic E-state index is 13.4. The van der Waals surface area contributed by atoms with E-state index in [4.69, 9.17) is 0 Å². The topological polar surface area (TPSA) is 59.8 Å². The predicted octanol–water partition coefficient (Wildman–Crippen LogP) is 5.40. The number of nitrogens with zero attached hydrogens (tertiary/aromatic N) is 3. The molecule has 0 aliphatic carbocycles. The summed E-state index contributed by atoms with van der Waals surface area (Å²) in [6.45, 7) is 1.91. The molecular formula is C22H16BrFN4O. The van der Waals surface area contributed by atoms with E-state index in [0.29, 0.717) is 17.2 Å². The molecule has 0 fully saturated rings. The molecule has 0 spiro atoms. The third-order valence-corrected chi connectivity index (χ3v) is 4.91. The highest BCUT2D eigenvalue weighted by molar-refractivity contribution is 9.10. The standard InChI is InChI=1S/C22H16BrFN4O/c1-14-4-2-3-5-19(14)25-22(29)20-26-21(15-6-8-16(23)9-7-15)28(27-20)18-12-10-17(24)11-13-18/h2-13H,1H3,(H,25,29). The van der Waals surface area contributed by atoms with E-state index in [0.717, 1.165) is 15.6 Å². The van der Waals surface area contributed by atoms with Crippen molar-refractivity contribution in [1.82, 2.24) is 14.8 Å². The van der Waals surface area contributed by atoms with Crippen LogP contribution in [0.5, 0.6) is 0 Å². The van der Waals surface area contributed by atoms with Gasteiger partial charge in [0.25, 0.3) is 5.91 Å². The molecule has 1 amide bonds. The Balaban J connectivity index is 1.76. The molecule has 0 bridgehead atoms. The van der Waals surface area contributed by atoms with Crippen LogP contribution in [0.25, 0.3) is 17.1 Å². The van der Waals surface area contributed by atoms with Crippen molar-refractivity contribution >= 4 is 27.5 Å². The Labute approximate surface area is 175 Å². The van der Waals surface area contributed by atoms with Gasteiger partial charge in [0.2, 0.25) is 5.82 Å². The zero-order chi connectivity index (χ0) is 20.4. The number of nitrogens with one attached hydrogen (secondary N) is 1. The van der Waals surface area contributed by atoms with Crippen molar-refractivity contribution in [3.05, 3.63) is 94.5 Å². The number of amides is 1. The van der Waals surface area contributed by atoms with Gasteiger partial charge in [-0.25, -0.2) is 14.1 Å². The average Bonchev–Trinajstić information content (AvgIpc) is 3.16. The van der Waals surface area contributed by atoms with E-state index in [2.05, 4.69) is 31.3 Å². The second kappa shape index (κ2) is 7.97. The number of aromatic nitrogens is 3. The summed E-state index contributed by atoms with van der Waals surface area (Å²) < 4.78 is 15.8. The number of hydrogen-bond donors (Lipinski definition) is 1. The van der Waals surface area contributed by atoms with Crippen LogP contribution in [-0.4, -0.2) is 20.7 Å². The van der Waals surface area contributed by atoms with Gasteiger partial charge in [-0.2, -0.15) is 0 Å². The van der Waals surface area contributed by atoms with Gasteiger partial charge < -0.3 is 5.32 Å². The minimum atomic E-state index is -0.418. The van der Waals surface area contributed by atoms with Crippen molar-refractivity contribution in [2.75, 3.05) is 5.32 Å². The van der Waals surface area contributed by atoms with E-state index >= 15 is 0 Å². The van der Waals surface area contributed by atoms with Crippen LogP contribution in [0.15, 0.2) is 77.3 Å². The molecule has 1 aromatic heterocycles. The zero-order valence-corrected chi connectivity index (χ0v) is 17.0. The van der Waals surface area contributed by atoms with E-state index in [1.54, 1.807) is 12.1 Å². The van der Waals surface area contributed by atoms with Gasteiger partial charge in [-0.05, 0) is 55.0 Å². The normalized spacial score (nSPS) is 10.7. The summed E-state index contributed by atoms with van der Waals surface area (Å²) in [6.07, 6.45) is 0. The summed E-state index contributed by atoms with van der Waals surface area (Å²) in [6, 6.07) is 20.9. The molecule has 0 aliphatic heterocycles. The molecule has 0 saturated heterocycles. The molecule has 4 aromatic rings. The quantitative estimate of drug-likeness (QED) is 0.452. The molecule has 7 heteroatoms. The Morgan fingerprint density at radius 3 is 2.38 bits per heavy atom. The second-order valence-electron chi connectivity index (χ2n) is 6.42. The van der Waals surface area contributed by atoms with Gasteiger partial charge >= 0.3 is 0 Å². The second-order valence-corrected chi connectivity index (χ2v) is 7.34. The number of anilines is 1. The van der Waals surface area contributed by atoms with Crippen molar-refractivity contribution in [2.45, 2.75) is 6.92 Å². The fraction of sp³-hybridized carbons (Fsp3) is 0.0455. The molecule has 0 saturated carbocycles. The Kier molecular flexibility index (Phi) is 5.22. The third kappa shape index (κ3) is 4.09. The summed E-state index contributed by atoms with van der Waals surface area (Å²) in [5.74, 6) is -0.260. The highest BCUT2D eigenvalue weighted by Gasteiger charge is 2.19. The van der Waals surface area contributed by atoms with Gasteiger partial charge in [-0.3, -0.25) is 4.79 Å². The minimum Gasteiger partial charge on any atom is -0.319 e. The lowest BCUT2D eigenvalue weighted by Gasteiger charge is -2.06. The third-order valence-electron chi connectivity index (χ3n) is 4.38. The molecule has 0 aliphatic rings. The van der Waals surface area contributed by atoms with Gasteiger partial charge in [0.1, 0.15) is 5.82 Å². The number of benzene rings is 3. The number of para-hydroxylation sites is 1. The van der Waals surface area contributed by atoms with Crippen LogP contribution >= 0.6 is 15.9 Å². The monoisotopic (exact) mass is 450 g/mol. The smallest absolute Gasteiger partial charge is 0.295 e. The van der Waals surface area contributed by atoms with Crippen molar-refractivity contribution in [3.63, 3.8) is 0 Å². The number of carbonyl (C=O) groups is 1. The lowest BCUT2D eigenvalue weighted by molar-refractivity contribution is 0.101. The molecule has 1 heterocycles. The van der Waals surface area contributed by atoms with Crippen LogP contribution in [0, 0.1) is 12.7 Å². The summed E-state index contributed by atoms with van der Waals surface area (Å²) in [5, 5.41) is 7.24. The molecule has 5 nitrogen and oxygen atoms in total. The fourth-order valence-electron chi connectivity index (χ4n) is 2.85. The molecule has 0 radical (unpaired) electrons. The summed E-state index contributed by atoms with van der Waals surface area (Å²) in [4.78, 5) is 17.3. The molecule has 29 heavy (non-hydrogen) atoms. The van der Waals surface area contributed by atoms with E-state index in [1.165, 1.54) is 16.8 Å². The van der Waals surface area contributed by atoms with Crippen molar-refractivity contribution in [3.8, 4) is 17.1 Å². The van der Waals surface area contributed by atoms with Crippen LogP contribution in [0.1, 0.15) is 16.2 Å².